The van der Waals surface area contributed by atoms with E-state index in [1.54, 1.807) is 0 Å². The molecule has 2 heterocycles. The molecule has 0 aliphatic rings. The molecule has 0 N–H and O–H groups in total. The van der Waals surface area contributed by atoms with Crippen molar-refractivity contribution in [1.29, 1.82) is 0 Å². The highest BCUT2D eigenvalue weighted by Crippen LogP contribution is 2.36. The van der Waals surface area contributed by atoms with Gasteiger partial charge in [-0.1, -0.05) is 90.3 Å². The summed E-state index contributed by atoms with van der Waals surface area (Å²) in [5.74, 6) is 0. The summed E-state index contributed by atoms with van der Waals surface area (Å²) >= 11 is 0. The van der Waals surface area contributed by atoms with Crippen LogP contribution in [0.3, 0.4) is 0 Å². The number of aromatic nitrogens is 2. The highest BCUT2D eigenvalue weighted by Gasteiger charge is 2.19. The first-order chi connectivity index (χ1) is 26.9. The van der Waals surface area contributed by atoms with Gasteiger partial charge < -0.3 is 9.13 Å². The average Bonchev–Trinajstić information content (AvgIpc) is 3.73. The predicted molar refractivity (Wildman–Crippen MR) is 253 cm³/mol. The molecule has 20 radical (unpaired) electrons. The van der Waals surface area contributed by atoms with Gasteiger partial charge in [-0.15, -0.1) is 32.8 Å². The summed E-state index contributed by atoms with van der Waals surface area (Å²) in [6.07, 6.45) is 4.10. The highest BCUT2D eigenvalue weighted by atomic mass is 15.0. The third-order valence-corrected chi connectivity index (χ3v) is 10.6. The number of hydrogen-bond donors (Lipinski definition) is 0. The maximum absolute atomic E-state index is 6.57. The standard InChI is InChI=1S/C42H22B10N2.C2H6/c1-3-23-25-17-19(13-15-30(25)54(27(23)4-2)42-40(51)38(49)37(48)39(50)41(42)52)20-12-14-29-26(18-20)24-10-5-6-11-28(24)53(29)22-9-7-8-21(16-22)31-32(43)34(45)36(47)35(46)33(31)44;1-2/h3-18H,1-2H3;1-2H3/b23-3-,27-4+;. The third kappa shape index (κ3) is 5.94. The number of benzene rings is 6. The van der Waals surface area contributed by atoms with Crippen molar-refractivity contribution in [2.75, 3.05) is 0 Å². The molecule has 6 aromatic carbocycles. The van der Waals surface area contributed by atoms with Gasteiger partial charge in [0, 0.05) is 38.1 Å². The Kier molecular flexibility index (Phi) is 10.7. The first-order valence-corrected chi connectivity index (χ1v) is 18.3. The number of fused-ring (bicyclic) bond motifs is 4. The van der Waals surface area contributed by atoms with E-state index < -0.39 is 0 Å². The van der Waals surface area contributed by atoms with Gasteiger partial charge in [-0.2, -0.15) is 0 Å². The van der Waals surface area contributed by atoms with Crippen LogP contribution in [0.4, 0.5) is 0 Å². The molecule has 0 bridgehead atoms. The normalized spacial score (nSPS) is 12.1. The molecule has 2 aromatic heterocycles. The van der Waals surface area contributed by atoms with Crippen molar-refractivity contribution in [3.05, 3.63) is 95.5 Å². The third-order valence-electron chi connectivity index (χ3n) is 10.6. The second kappa shape index (κ2) is 15.2. The van der Waals surface area contributed by atoms with Gasteiger partial charge in [0.2, 0.25) is 0 Å². The molecule has 8 aromatic rings. The molecule has 0 saturated heterocycles. The van der Waals surface area contributed by atoms with E-state index in [4.69, 9.17) is 78.5 Å². The quantitative estimate of drug-likeness (QED) is 0.202. The van der Waals surface area contributed by atoms with E-state index >= 15 is 0 Å². The molecule has 0 aliphatic carbocycles. The van der Waals surface area contributed by atoms with Crippen LogP contribution in [-0.4, -0.2) is 87.6 Å². The Labute approximate surface area is 342 Å². The monoisotopic (exact) mass is 694 g/mol. The fraction of sp³-hybridized carbons (Fsp3) is 0.0909. The van der Waals surface area contributed by atoms with E-state index in [1.807, 2.05) is 74.7 Å². The number of hydrogen-bond acceptors (Lipinski definition) is 0. The zero-order chi connectivity index (χ0) is 40.3. The summed E-state index contributed by atoms with van der Waals surface area (Å²) in [7, 11) is 63.4. The van der Waals surface area contributed by atoms with Crippen molar-refractivity contribution in [2.45, 2.75) is 27.7 Å². The van der Waals surface area contributed by atoms with Gasteiger partial charge in [-0.05, 0) is 78.6 Å². The molecule has 12 heteroatoms. The smallest absolute Gasteiger partial charge is 0.115 e. The van der Waals surface area contributed by atoms with Gasteiger partial charge in [-0.3, -0.25) is 0 Å². The predicted octanol–water partition coefficient (Wildman–Crippen LogP) is -1.37. The van der Waals surface area contributed by atoms with Gasteiger partial charge in [0.1, 0.15) is 78.5 Å². The van der Waals surface area contributed by atoms with Gasteiger partial charge in [0.15, 0.2) is 0 Å². The molecule has 0 fully saturated rings. The Bertz CT molecular complexity index is 2970. The summed E-state index contributed by atoms with van der Waals surface area (Å²) in [6.45, 7) is 7.98. The van der Waals surface area contributed by atoms with Gasteiger partial charge in [-0.25, -0.2) is 0 Å². The van der Waals surface area contributed by atoms with Crippen molar-refractivity contribution in [1.82, 2.24) is 9.13 Å². The van der Waals surface area contributed by atoms with Gasteiger partial charge >= 0.3 is 0 Å². The lowest BCUT2D eigenvalue weighted by atomic mass is 9.59. The number of nitrogens with zero attached hydrogens (tertiary/aromatic N) is 2. The topological polar surface area (TPSA) is 9.86 Å². The summed E-state index contributed by atoms with van der Waals surface area (Å²) in [5.41, 5.74) is 10.1. The van der Waals surface area contributed by atoms with E-state index in [0.29, 0.717) is 11.3 Å². The molecular formula is C44H28B10N2. The molecule has 0 aliphatic heterocycles. The maximum atomic E-state index is 6.57. The average molecular weight is 693 g/mol. The van der Waals surface area contributed by atoms with Crippen LogP contribution in [-0.2, 0) is 0 Å². The summed E-state index contributed by atoms with van der Waals surface area (Å²) in [4.78, 5) is 0. The fourth-order valence-corrected chi connectivity index (χ4v) is 7.81. The van der Waals surface area contributed by atoms with Crippen LogP contribution >= 0.6 is 0 Å². The molecule has 0 atom stereocenters. The zero-order valence-corrected chi connectivity index (χ0v) is 31.9. The molecule has 56 heavy (non-hydrogen) atoms. The molecular weight excluding hydrogens is 665 g/mol. The van der Waals surface area contributed by atoms with Crippen molar-refractivity contribution in [3.63, 3.8) is 0 Å². The minimum Gasteiger partial charge on any atom is -0.311 e. The number of rotatable bonds is 4. The van der Waals surface area contributed by atoms with E-state index in [0.717, 1.165) is 65.7 Å². The van der Waals surface area contributed by atoms with Crippen LogP contribution in [0, 0.1) is 0 Å². The minimum atomic E-state index is 0.174. The van der Waals surface area contributed by atoms with Gasteiger partial charge in [0.25, 0.3) is 0 Å². The Balaban J connectivity index is 0.00000237. The minimum absolute atomic E-state index is 0.174. The lowest BCUT2D eigenvalue weighted by molar-refractivity contribution is 1.09. The van der Waals surface area contributed by atoms with Crippen molar-refractivity contribution >= 4 is 178 Å². The zero-order valence-electron chi connectivity index (χ0n) is 31.9. The second-order valence-electron chi connectivity index (χ2n) is 13.4. The highest BCUT2D eigenvalue weighted by molar-refractivity contribution is 6.69. The van der Waals surface area contributed by atoms with Crippen LogP contribution < -0.4 is 65.2 Å². The van der Waals surface area contributed by atoms with Crippen molar-refractivity contribution in [3.8, 4) is 33.6 Å². The first-order valence-electron chi connectivity index (χ1n) is 18.3. The van der Waals surface area contributed by atoms with Crippen LogP contribution in [0.1, 0.15) is 27.7 Å². The van der Waals surface area contributed by atoms with Crippen LogP contribution in [0.5, 0.6) is 0 Å². The largest absolute Gasteiger partial charge is 0.311 e. The Morgan fingerprint density at radius 2 is 0.911 bits per heavy atom. The maximum Gasteiger partial charge on any atom is 0.115 e. The first kappa shape index (κ1) is 39.3. The lowest BCUT2D eigenvalue weighted by Gasteiger charge is -2.23. The summed E-state index contributed by atoms with van der Waals surface area (Å²) in [6, 6.07) is 29.2. The molecule has 0 unspecified atom stereocenters. The Morgan fingerprint density at radius 1 is 0.411 bits per heavy atom. The molecule has 0 saturated carbocycles. The Morgan fingerprint density at radius 3 is 1.48 bits per heavy atom. The van der Waals surface area contributed by atoms with Crippen LogP contribution in [0.2, 0.25) is 0 Å². The van der Waals surface area contributed by atoms with E-state index in [1.165, 1.54) is 0 Å². The van der Waals surface area contributed by atoms with Gasteiger partial charge in [0.05, 0.1) is 16.6 Å². The van der Waals surface area contributed by atoms with E-state index in [-0.39, 0.29) is 54.6 Å². The Hall–Kier alpha value is -4.95. The molecule has 0 spiro atoms. The molecule has 8 rings (SSSR count). The van der Waals surface area contributed by atoms with Crippen LogP contribution in [0.25, 0.3) is 78.5 Å². The van der Waals surface area contributed by atoms with Crippen LogP contribution in [0.15, 0.2) is 84.9 Å². The summed E-state index contributed by atoms with van der Waals surface area (Å²) in [5, 5.41) is 5.12. The van der Waals surface area contributed by atoms with Crippen molar-refractivity contribution in [2.24, 2.45) is 0 Å². The molecule has 0 amide bonds. The van der Waals surface area contributed by atoms with E-state index in [9.17, 15) is 0 Å². The summed E-state index contributed by atoms with van der Waals surface area (Å²) < 4.78 is 4.23. The molecule has 2 nitrogen and oxygen atoms in total. The lowest BCUT2D eigenvalue weighted by Crippen LogP contribution is -2.57. The SMILES string of the molecule is CC.[B]c1c([B])c([B])c(-c2cccc(-n3c4ccccc4c4cc(-c5ccc6c(c5)c(=C/C)/c(=C\C)n6-c5c([B])c([B])c([B])c([B])c5[B])ccc43)c2)c([B])c1[B]. The molecule has 244 valence electrons. The fourth-order valence-electron chi connectivity index (χ4n) is 7.81. The van der Waals surface area contributed by atoms with E-state index in [2.05, 4.69) is 59.2 Å². The number of para-hydroxylation sites is 1. The second-order valence-corrected chi connectivity index (χ2v) is 13.4. The van der Waals surface area contributed by atoms with Crippen molar-refractivity contribution < 1.29 is 0 Å².